The molecule has 11 N–H and O–H groups in total. The second kappa shape index (κ2) is 14.6. The van der Waals surface area contributed by atoms with Crippen LogP contribution in [0.25, 0.3) is 0 Å². The number of amides is 2. The lowest BCUT2D eigenvalue weighted by atomic mass is 10.0. The lowest BCUT2D eigenvalue weighted by molar-refractivity contribution is -0.142. The first-order chi connectivity index (χ1) is 13.6. The molecule has 0 saturated heterocycles. The van der Waals surface area contributed by atoms with E-state index in [1.54, 1.807) is 0 Å². The number of rotatable bonds is 15. The molecule has 0 aliphatic heterocycles. The molecule has 0 fully saturated rings. The van der Waals surface area contributed by atoms with Crippen LogP contribution in [-0.2, 0) is 14.4 Å². The molecule has 0 heterocycles. The minimum Gasteiger partial charge on any atom is -0.480 e. The Morgan fingerprint density at radius 3 is 2.14 bits per heavy atom. The monoisotopic (exact) mass is 415 g/mol. The summed E-state index contributed by atoms with van der Waals surface area (Å²) in [6.45, 7) is 4.56. The third-order valence-corrected chi connectivity index (χ3v) is 4.25. The highest BCUT2D eigenvalue weighted by atomic mass is 16.4. The van der Waals surface area contributed by atoms with Gasteiger partial charge in [-0.05, 0) is 44.6 Å². The predicted molar refractivity (Wildman–Crippen MR) is 111 cm³/mol. The van der Waals surface area contributed by atoms with Crippen molar-refractivity contribution in [2.45, 2.75) is 70.5 Å². The molecule has 0 aromatic carbocycles. The van der Waals surface area contributed by atoms with Crippen LogP contribution in [0.15, 0.2) is 0 Å². The number of carboxylic acid groups (broad SMARTS) is 1. The summed E-state index contributed by atoms with van der Waals surface area (Å²) in [6, 6.07) is -2.76. The Bertz CT molecular complexity index is 542. The van der Waals surface area contributed by atoms with Crippen molar-refractivity contribution < 1.29 is 19.5 Å². The normalized spacial score (nSPS) is 14.0. The van der Waals surface area contributed by atoms with E-state index in [-0.39, 0.29) is 24.7 Å². The molecule has 168 valence electrons. The van der Waals surface area contributed by atoms with Crippen LogP contribution >= 0.6 is 0 Å². The summed E-state index contributed by atoms with van der Waals surface area (Å²) in [4.78, 5) is 36.4. The zero-order valence-corrected chi connectivity index (χ0v) is 17.4. The highest BCUT2D eigenvalue weighted by molar-refractivity contribution is 5.91. The first-order valence-corrected chi connectivity index (χ1v) is 9.95. The van der Waals surface area contributed by atoms with Crippen molar-refractivity contribution in [2.75, 3.05) is 13.1 Å². The van der Waals surface area contributed by atoms with Crippen LogP contribution in [0.1, 0.15) is 52.4 Å². The smallest absolute Gasteiger partial charge is 0.326 e. The second-order valence-corrected chi connectivity index (χ2v) is 7.46. The van der Waals surface area contributed by atoms with Crippen molar-refractivity contribution in [1.82, 2.24) is 16.0 Å². The summed E-state index contributed by atoms with van der Waals surface area (Å²) in [5.41, 5.74) is 16.5. The van der Waals surface area contributed by atoms with Gasteiger partial charge in [-0.15, -0.1) is 0 Å². The third-order valence-electron chi connectivity index (χ3n) is 4.25. The van der Waals surface area contributed by atoms with Gasteiger partial charge in [-0.25, -0.2) is 4.79 Å². The maximum atomic E-state index is 12.7. The van der Waals surface area contributed by atoms with Crippen molar-refractivity contribution >= 4 is 23.7 Å². The molecule has 2 amide bonds. The fraction of sp³-hybridized carbons (Fsp3) is 0.778. The first-order valence-electron chi connectivity index (χ1n) is 9.95. The summed E-state index contributed by atoms with van der Waals surface area (Å²) in [5, 5.41) is 24.2. The van der Waals surface area contributed by atoms with E-state index in [9.17, 15) is 19.5 Å². The Balaban J connectivity index is 5.00. The maximum Gasteiger partial charge on any atom is 0.326 e. The van der Waals surface area contributed by atoms with Crippen molar-refractivity contribution in [1.29, 1.82) is 5.41 Å². The molecule has 11 heteroatoms. The Labute approximate surface area is 172 Å². The van der Waals surface area contributed by atoms with Crippen LogP contribution in [0, 0.1) is 11.3 Å². The van der Waals surface area contributed by atoms with Gasteiger partial charge >= 0.3 is 5.97 Å². The number of aliphatic carboxylic acids is 1. The van der Waals surface area contributed by atoms with Crippen molar-refractivity contribution in [3.63, 3.8) is 0 Å². The van der Waals surface area contributed by atoms with Gasteiger partial charge < -0.3 is 38.3 Å². The number of hydrogen-bond acceptors (Lipinski definition) is 6. The first kappa shape index (κ1) is 26.6. The zero-order valence-electron chi connectivity index (χ0n) is 17.4. The number of nitrogens with two attached hydrogens (primary N) is 3. The van der Waals surface area contributed by atoms with Gasteiger partial charge in [0.1, 0.15) is 12.1 Å². The van der Waals surface area contributed by atoms with Crippen LogP contribution in [0.2, 0.25) is 0 Å². The number of nitrogens with one attached hydrogen (secondary N) is 4. The summed E-state index contributed by atoms with van der Waals surface area (Å²) < 4.78 is 0. The molecule has 0 aromatic heterocycles. The predicted octanol–water partition coefficient (Wildman–Crippen LogP) is -1.19. The molecule has 0 aliphatic rings. The Morgan fingerprint density at radius 1 is 1.00 bits per heavy atom. The minimum absolute atomic E-state index is 0.0696. The van der Waals surface area contributed by atoms with E-state index in [1.165, 1.54) is 0 Å². The van der Waals surface area contributed by atoms with E-state index < -0.39 is 35.9 Å². The number of unbranched alkanes of at least 4 members (excludes halogenated alkanes) is 1. The largest absolute Gasteiger partial charge is 0.480 e. The molecular formula is C18H37N7O4. The van der Waals surface area contributed by atoms with E-state index in [0.29, 0.717) is 32.4 Å². The van der Waals surface area contributed by atoms with Gasteiger partial charge in [0.25, 0.3) is 0 Å². The van der Waals surface area contributed by atoms with Crippen LogP contribution < -0.4 is 33.2 Å². The molecular weight excluding hydrogens is 378 g/mol. The van der Waals surface area contributed by atoms with E-state index in [0.717, 1.165) is 6.42 Å². The number of carbonyl (C=O) groups is 3. The summed E-state index contributed by atoms with van der Waals surface area (Å²) in [5.74, 6) is -2.31. The Kier molecular flexibility index (Phi) is 13.4. The van der Waals surface area contributed by atoms with Crippen LogP contribution in [0.5, 0.6) is 0 Å². The topological polar surface area (TPSA) is 209 Å². The maximum absolute atomic E-state index is 12.7. The van der Waals surface area contributed by atoms with Crippen molar-refractivity contribution in [3.05, 3.63) is 0 Å². The SMILES string of the molecule is CC(C)C[C@H](NC(=O)[C@H](CCCNC(=N)N)NC(=O)[C@@H](N)CCCCN)C(=O)O. The number of carboxylic acids is 1. The van der Waals surface area contributed by atoms with E-state index in [2.05, 4.69) is 16.0 Å². The molecule has 0 unspecified atom stereocenters. The Morgan fingerprint density at radius 2 is 1.62 bits per heavy atom. The van der Waals surface area contributed by atoms with Crippen LogP contribution in [0.4, 0.5) is 0 Å². The molecule has 0 spiro atoms. The molecule has 11 nitrogen and oxygen atoms in total. The average molecular weight is 416 g/mol. The second-order valence-electron chi connectivity index (χ2n) is 7.46. The molecule has 0 rings (SSSR count). The molecule has 0 bridgehead atoms. The lowest BCUT2D eigenvalue weighted by Crippen LogP contribution is -2.54. The fourth-order valence-electron chi connectivity index (χ4n) is 2.68. The van der Waals surface area contributed by atoms with Gasteiger partial charge in [0.15, 0.2) is 5.96 Å². The molecule has 0 aromatic rings. The van der Waals surface area contributed by atoms with Gasteiger partial charge in [0, 0.05) is 6.54 Å². The standard InChI is InChI=1S/C18H37N7O4/c1-11(2)10-14(17(28)29)25-16(27)13(7-5-9-23-18(21)22)24-15(26)12(20)6-3-4-8-19/h11-14H,3-10,19-20H2,1-2H3,(H,24,26)(H,25,27)(H,28,29)(H4,21,22,23)/t12-,13-,14-/m0/s1. The third kappa shape index (κ3) is 12.6. The van der Waals surface area contributed by atoms with Gasteiger partial charge in [0.05, 0.1) is 6.04 Å². The quantitative estimate of drug-likeness (QED) is 0.0923. The lowest BCUT2D eigenvalue weighted by Gasteiger charge is -2.23. The zero-order chi connectivity index (χ0) is 22.4. The average Bonchev–Trinajstić information content (AvgIpc) is 2.62. The molecule has 3 atom stereocenters. The van der Waals surface area contributed by atoms with E-state index >= 15 is 0 Å². The molecule has 29 heavy (non-hydrogen) atoms. The van der Waals surface area contributed by atoms with Crippen molar-refractivity contribution in [2.24, 2.45) is 23.1 Å². The number of hydrogen-bond donors (Lipinski definition) is 8. The van der Waals surface area contributed by atoms with Gasteiger partial charge in [-0.2, -0.15) is 0 Å². The van der Waals surface area contributed by atoms with Gasteiger partial charge in [-0.1, -0.05) is 20.3 Å². The summed E-state index contributed by atoms with van der Waals surface area (Å²) in [6.07, 6.45) is 2.82. The Hall–Kier alpha value is -2.40. The van der Waals surface area contributed by atoms with E-state index in [1.807, 2.05) is 13.8 Å². The van der Waals surface area contributed by atoms with Crippen LogP contribution in [-0.4, -0.2) is 60.1 Å². The highest BCUT2D eigenvalue weighted by Crippen LogP contribution is 2.07. The minimum atomic E-state index is -1.13. The van der Waals surface area contributed by atoms with Gasteiger partial charge in [-0.3, -0.25) is 15.0 Å². The van der Waals surface area contributed by atoms with Crippen LogP contribution in [0.3, 0.4) is 0 Å². The molecule has 0 aliphatic carbocycles. The molecule has 0 saturated carbocycles. The number of guanidine groups is 1. The summed E-state index contributed by atoms with van der Waals surface area (Å²) >= 11 is 0. The van der Waals surface area contributed by atoms with Crippen molar-refractivity contribution in [3.8, 4) is 0 Å². The molecule has 0 radical (unpaired) electrons. The highest BCUT2D eigenvalue weighted by Gasteiger charge is 2.28. The number of carbonyl (C=O) groups excluding carboxylic acids is 2. The summed E-state index contributed by atoms with van der Waals surface area (Å²) in [7, 11) is 0. The van der Waals surface area contributed by atoms with E-state index in [4.69, 9.17) is 22.6 Å². The fourth-order valence-corrected chi connectivity index (χ4v) is 2.68. The van der Waals surface area contributed by atoms with Gasteiger partial charge in [0.2, 0.25) is 11.8 Å².